The van der Waals surface area contributed by atoms with Gasteiger partial charge in [0.1, 0.15) is 5.75 Å². The van der Waals surface area contributed by atoms with Crippen LogP contribution in [0.5, 0.6) is 17.8 Å². The summed E-state index contributed by atoms with van der Waals surface area (Å²) in [5.41, 5.74) is 6.53. The Labute approximate surface area is 117 Å². The second-order valence-electron chi connectivity index (χ2n) is 3.83. The van der Waals surface area contributed by atoms with E-state index in [9.17, 15) is 0 Å². The summed E-state index contributed by atoms with van der Waals surface area (Å²) in [6.45, 7) is 4.21. The third-order valence-electron chi connectivity index (χ3n) is 2.35. The van der Waals surface area contributed by atoms with Gasteiger partial charge in [-0.25, -0.2) is 0 Å². The predicted octanol–water partition coefficient (Wildman–Crippen LogP) is 2.68. The zero-order valence-electron chi connectivity index (χ0n) is 11.4. The van der Waals surface area contributed by atoms with Crippen molar-refractivity contribution >= 4 is 12.0 Å². The monoisotopic (exact) mass is 272 g/mol. The Morgan fingerprint density at radius 2 is 1.90 bits per heavy atom. The fraction of sp³-hybridized carbons (Fsp3) is 0.214. The average Bonchev–Trinajstić information content (AvgIpc) is 2.41. The van der Waals surface area contributed by atoms with Gasteiger partial charge < -0.3 is 15.2 Å². The predicted molar refractivity (Wildman–Crippen MR) is 76.6 cm³/mol. The van der Waals surface area contributed by atoms with E-state index >= 15 is 0 Å². The third kappa shape index (κ3) is 3.44. The molecule has 0 saturated heterocycles. The Morgan fingerprint density at radius 1 is 1.15 bits per heavy atom. The number of allylic oxidation sites excluding steroid dienone is 1. The highest BCUT2D eigenvalue weighted by Crippen LogP contribution is 2.25. The molecule has 0 radical (unpaired) electrons. The highest BCUT2D eigenvalue weighted by atomic mass is 16.5. The Hall–Kier alpha value is -2.63. The van der Waals surface area contributed by atoms with Crippen LogP contribution in [-0.2, 0) is 0 Å². The van der Waals surface area contributed by atoms with E-state index in [0.717, 1.165) is 5.56 Å². The molecular formula is C14H16N4O2. The maximum atomic E-state index is 5.66. The molecule has 2 N–H and O–H groups in total. The lowest BCUT2D eigenvalue weighted by Gasteiger charge is -2.08. The number of benzene rings is 1. The van der Waals surface area contributed by atoms with Crippen LogP contribution in [0.2, 0.25) is 0 Å². The van der Waals surface area contributed by atoms with Crippen molar-refractivity contribution in [2.75, 3.05) is 12.3 Å². The van der Waals surface area contributed by atoms with Crippen LogP contribution in [0, 0.1) is 0 Å². The van der Waals surface area contributed by atoms with Crippen LogP contribution in [0.25, 0.3) is 6.08 Å². The van der Waals surface area contributed by atoms with E-state index in [2.05, 4.69) is 15.0 Å². The van der Waals surface area contributed by atoms with E-state index in [1.54, 1.807) is 0 Å². The minimum atomic E-state index is 0.0574. The molecule has 0 aliphatic heterocycles. The summed E-state index contributed by atoms with van der Waals surface area (Å²) >= 11 is 0. The minimum absolute atomic E-state index is 0.0574. The molecule has 0 saturated carbocycles. The zero-order valence-corrected chi connectivity index (χ0v) is 11.4. The molecule has 0 fully saturated rings. The lowest BCUT2D eigenvalue weighted by molar-refractivity contribution is 0.304. The summed E-state index contributed by atoms with van der Waals surface area (Å²) in [5.74, 6) is 0.695. The summed E-state index contributed by atoms with van der Waals surface area (Å²) in [6, 6.07) is 7.82. The first-order chi connectivity index (χ1) is 9.72. The van der Waals surface area contributed by atoms with Crippen molar-refractivity contribution in [3.8, 4) is 17.8 Å². The molecule has 6 nitrogen and oxygen atoms in total. The number of ether oxygens (including phenoxy) is 2. The number of rotatable bonds is 5. The van der Waals surface area contributed by atoms with Gasteiger partial charge in [0.25, 0.3) is 0 Å². The van der Waals surface area contributed by atoms with Crippen molar-refractivity contribution in [2.24, 2.45) is 0 Å². The molecule has 104 valence electrons. The molecule has 6 heteroatoms. The minimum Gasteiger partial charge on any atom is -0.464 e. The quantitative estimate of drug-likeness (QED) is 0.901. The van der Waals surface area contributed by atoms with Crippen LogP contribution in [0.4, 0.5) is 5.95 Å². The normalized spacial score (nSPS) is 10.7. The van der Waals surface area contributed by atoms with Gasteiger partial charge in [-0.3, -0.25) is 0 Å². The molecule has 0 atom stereocenters. The molecule has 0 amide bonds. The Balaban J connectivity index is 2.30. The number of nitrogens with zero attached hydrogens (tertiary/aromatic N) is 3. The topological polar surface area (TPSA) is 83.2 Å². The van der Waals surface area contributed by atoms with Crippen molar-refractivity contribution in [2.45, 2.75) is 13.8 Å². The summed E-state index contributed by atoms with van der Waals surface area (Å²) in [7, 11) is 0. The molecule has 1 aromatic heterocycles. The van der Waals surface area contributed by atoms with Crippen molar-refractivity contribution in [1.82, 2.24) is 15.0 Å². The highest BCUT2D eigenvalue weighted by molar-refractivity contribution is 5.57. The van der Waals surface area contributed by atoms with Gasteiger partial charge in [0.2, 0.25) is 5.95 Å². The van der Waals surface area contributed by atoms with Gasteiger partial charge in [-0.1, -0.05) is 30.4 Å². The number of hydrogen-bond donors (Lipinski definition) is 1. The van der Waals surface area contributed by atoms with E-state index in [1.165, 1.54) is 0 Å². The first-order valence-electron chi connectivity index (χ1n) is 6.27. The average molecular weight is 272 g/mol. The van der Waals surface area contributed by atoms with Gasteiger partial charge in [-0.05, 0) is 19.9 Å². The SMILES string of the molecule is C/C=C/c1ccccc1Oc1nc(N)nc(OCC)n1. The zero-order chi connectivity index (χ0) is 14.4. The lowest BCUT2D eigenvalue weighted by Crippen LogP contribution is -2.05. The Bertz CT molecular complexity index is 614. The van der Waals surface area contributed by atoms with Gasteiger partial charge in [-0.15, -0.1) is 4.98 Å². The van der Waals surface area contributed by atoms with Crippen LogP contribution in [-0.4, -0.2) is 21.6 Å². The number of aromatic nitrogens is 3. The molecule has 1 aromatic carbocycles. The largest absolute Gasteiger partial charge is 0.464 e. The summed E-state index contributed by atoms with van der Waals surface area (Å²) in [4.78, 5) is 11.9. The van der Waals surface area contributed by atoms with E-state index in [4.69, 9.17) is 15.2 Å². The van der Waals surface area contributed by atoms with Crippen LogP contribution >= 0.6 is 0 Å². The molecule has 0 bridgehead atoms. The van der Waals surface area contributed by atoms with Gasteiger partial charge >= 0.3 is 12.0 Å². The van der Waals surface area contributed by atoms with Gasteiger partial charge in [0, 0.05) is 5.56 Å². The fourth-order valence-electron chi connectivity index (χ4n) is 1.58. The third-order valence-corrected chi connectivity index (χ3v) is 2.35. The summed E-state index contributed by atoms with van der Waals surface area (Å²) in [6.07, 6.45) is 3.86. The number of anilines is 1. The summed E-state index contributed by atoms with van der Waals surface area (Å²) in [5, 5.41) is 0. The van der Waals surface area contributed by atoms with Crippen molar-refractivity contribution in [1.29, 1.82) is 0 Å². The van der Waals surface area contributed by atoms with Crippen LogP contribution in [0.15, 0.2) is 30.3 Å². The molecule has 0 unspecified atom stereocenters. The van der Waals surface area contributed by atoms with E-state index in [-0.39, 0.29) is 18.0 Å². The molecule has 0 aliphatic carbocycles. The van der Waals surface area contributed by atoms with Crippen molar-refractivity contribution in [3.05, 3.63) is 35.9 Å². The van der Waals surface area contributed by atoms with Gasteiger partial charge in [-0.2, -0.15) is 9.97 Å². The molecule has 0 aliphatic rings. The van der Waals surface area contributed by atoms with Crippen LogP contribution in [0.3, 0.4) is 0 Å². The molecule has 20 heavy (non-hydrogen) atoms. The van der Waals surface area contributed by atoms with Gasteiger partial charge in [0.05, 0.1) is 6.61 Å². The number of nitrogen functional groups attached to an aromatic ring is 1. The maximum absolute atomic E-state index is 5.66. The fourth-order valence-corrected chi connectivity index (χ4v) is 1.58. The second-order valence-corrected chi connectivity index (χ2v) is 3.83. The second kappa shape index (κ2) is 6.51. The van der Waals surface area contributed by atoms with E-state index in [0.29, 0.717) is 12.4 Å². The smallest absolute Gasteiger partial charge is 0.330 e. The Kier molecular flexibility index (Phi) is 4.49. The molecule has 2 aromatic rings. The number of hydrogen-bond acceptors (Lipinski definition) is 6. The standard InChI is InChI=1S/C14H16N4O2/c1-3-7-10-8-5-6-9-11(10)20-14-17-12(15)16-13(18-14)19-4-2/h3,5-9H,4H2,1-2H3,(H2,15,16,17,18)/b7-3+. The summed E-state index contributed by atoms with van der Waals surface area (Å²) < 4.78 is 10.9. The van der Waals surface area contributed by atoms with Gasteiger partial charge in [0.15, 0.2) is 0 Å². The molecule has 2 rings (SSSR count). The van der Waals surface area contributed by atoms with Crippen molar-refractivity contribution in [3.63, 3.8) is 0 Å². The lowest BCUT2D eigenvalue weighted by atomic mass is 10.2. The van der Waals surface area contributed by atoms with E-state index < -0.39 is 0 Å². The highest BCUT2D eigenvalue weighted by Gasteiger charge is 2.09. The maximum Gasteiger partial charge on any atom is 0.330 e. The van der Waals surface area contributed by atoms with E-state index in [1.807, 2.05) is 50.3 Å². The van der Waals surface area contributed by atoms with Crippen LogP contribution in [0.1, 0.15) is 19.4 Å². The molecular weight excluding hydrogens is 256 g/mol. The number of para-hydroxylation sites is 1. The number of nitrogens with two attached hydrogens (primary N) is 1. The molecule has 1 heterocycles. The molecule has 0 spiro atoms. The first-order valence-corrected chi connectivity index (χ1v) is 6.27. The van der Waals surface area contributed by atoms with Crippen LogP contribution < -0.4 is 15.2 Å². The first kappa shape index (κ1) is 13.8. The Morgan fingerprint density at radius 3 is 2.65 bits per heavy atom. The van der Waals surface area contributed by atoms with Crippen molar-refractivity contribution < 1.29 is 9.47 Å².